The summed E-state index contributed by atoms with van der Waals surface area (Å²) in [7, 11) is 0. The van der Waals surface area contributed by atoms with Crippen LogP contribution in [0, 0.1) is 22.5 Å². The number of nitro groups is 1. The molecule has 0 atom stereocenters. The van der Waals surface area contributed by atoms with E-state index in [-0.39, 0.29) is 5.69 Å². The number of benzene rings is 1. The SMILES string of the molecule is C#CCCNc1nc2ccc([N+](=O)[O-])cc2[nH]1. The molecule has 0 spiro atoms. The number of rotatable bonds is 4. The maximum absolute atomic E-state index is 10.6. The molecule has 1 aromatic heterocycles. The molecule has 0 radical (unpaired) electrons. The molecule has 6 nitrogen and oxygen atoms in total. The second-order valence-electron chi connectivity index (χ2n) is 3.42. The monoisotopic (exact) mass is 230 g/mol. The molecule has 0 saturated carbocycles. The van der Waals surface area contributed by atoms with Crippen LogP contribution in [0.3, 0.4) is 0 Å². The van der Waals surface area contributed by atoms with Crippen molar-refractivity contribution in [2.24, 2.45) is 0 Å². The summed E-state index contributed by atoms with van der Waals surface area (Å²) < 4.78 is 0. The number of nitro benzene ring substituents is 1. The van der Waals surface area contributed by atoms with Crippen LogP contribution in [0.25, 0.3) is 11.0 Å². The number of nitrogens with zero attached hydrogens (tertiary/aromatic N) is 2. The Labute approximate surface area is 97.2 Å². The van der Waals surface area contributed by atoms with Gasteiger partial charge in [-0.25, -0.2) is 4.98 Å². The fraction of sp³-hybridized carbons (Fsp3) is 0.182. The zero-order chi connectivity index (χ0) is 12.3. The van der Waals surface area contributed by atoms with Crippen molar-refractivity contribution in [3.63, 3.8) is 0 Å². The summed E-state index contributed by atoms with van der Waals surface area (Å²) in [6.45, 7) is 0.610. The Morgan fingerprint density at radius 3 is 3.12 bits per heavy atom. The van der Waals surface area contributed by atoms with Crippen LogP contribution < -0.4 is 5.32 Å². The number of aromatic amines is 1. The first-order chi connectivity index (χ1) is 8.20. The molecule has 0 fully saturated rings. The van der Waals surface area contributed by atoms with Crippen molar-refractivity contribution >= 4 is 22.7 Å². The second kappa shape index (κ2) is 4.53. The predicted molar refractivity (Wildman–Crippen MR) is 64.7 cm³/mol. The van der Waals surface area contributed by atoms with Crippen LogP contribution >= 0.6 is 0 Å². The Morgan fingerprint density at radius 2 is 2.41 bits per heavy atom. The number of imidazole rings is 1. The molecule has 0 bridgehead atoms. The molecule has 0 unspecified atom stereocenters. The van der Waals surface area contributed by atoms with Gasteiger partial charge in [-0.3, -0.25) is 10.1 Å². The topological polar surface area (TPSA) is 83.8 Å². The fourth-order valence-corrected chi connectivity index (χ4v) is 1.45. The van der Waals surface area contributed by atoms with Gasteiger partial charge < -0.3 is 10.3 Å². The third-order valence-electron chi connectivity index (χ3n) is 2.24. The molecule has 2 rings (SSSR count). The number of nitrogens with one attached hydrogen (secondary N) is 2. The number of non-ortho nitro benzene ring substituents is 1. The molecule has 2 N–H and O–H groups in total. The summed E-state index contributed by atoms with van der Waals surface area (Å²) in [5.74, 6) is 3.07. The van der Waals surface area contributed by atoms with Crippen molar-refractivity contribution in [3.8, 4) is 12.3 Å². The molecular formula is C11H10N4O2. The lowest BCUT2D eigenvalue weighted by Crippen LogP contribution is -2.01. The highest BCUT2D eigenvalue weighted by atomic mass is 16.6. The van der Waals surface area contributed by atoms with Crippen LogP contribution in [0.5, 0.6) is 0 Å². The molecular weight excluding hydrogens is 220 g/mol. The summed E-state index contributed by atoms with van der Waals surface area (Å²) in [6.07, 6.45) is 5.72. The van der Waals surface area contributed by atoms with Crippen molar-refractivity contribution in [1.29, 1.82) is 0 Å². The van der Waals surface area contributed by atoms with Crippen LogP contribution in [-0.2, 0) is 0 Å². The van der Waals surface area contributed by atoms with Crippen LogP contribution in [0.4, 0.5) is 11.6 Å². The van der Waals surface area contributed by atoms with E-state index in [0.717, 1.165) is 0 Å². The van der Waals surface area contributed by atoms with Gasteiger partial charge in [-0.05, 0) is 6.07 Å². The van der Waals surface area contributed by atoms with E-state index in [0.29, 0.717) is 29.9 Å². The number of fused-ring (bicyclic) bond motifs is 1. The molecule has 0 aliphatic carbocycles. The summed E-state index contributed by atoms with van der Waals surface area (Å²) in [5, 5.41) is 13.6. The Bertz CT molecular complexity index is 597. The van der Waals surface area contributed by atoms with Gasteiger partial charge in [-0.1, -0.05) is 0 Å². The van der Waals surface area contributed by atoms with Gasteiger partial charge in [0.15, 0.2) is 0 Å². The maximum Gasteiger partial charge on any atom is 0.271 e. The molecule has 1 heterocycles. The molecule has 86 valence electrons. The lowest BCUT2D eigenvalue weighted by atomic mass is 10.3. The van der Waals surface area contributed by atoms with E-state index in [1.807, 2.05) is 0 Å². The summed E-state index contributed by atoms with van der Waals surface area (Å²) in [5.41, 5.74) is 1.34. The van der Waals surface area contributed by atoms with Gasteiger partial charge in [0, 0.05) is 25.1 Å². The lowest BCUT2D eigenvalue weighted by Gasteiger charge is -1.96. The summed E-state index contributed by atoms with van der Waals surface area (Å²) in [4.78, 5) is 17.3. The van der Waals surface area contributed by atoms with Gasteiger partial charge in [-0.15, -0.1) is 12.3 Å². The quantitative estimate of drug-likeness (QED) is 0.363. The summed E-state index contributed by atoms with van der Waals surface area (Å²) in [6, 6.07) is 4.49. The highest BCUT2D eigenvalue weighted by Crippen LogP contribution is 2.20. The van der Waals surface area contributed by atoms with Crippen molar-refractivity contribution in [3.05, 3.63) is 28.3 Å². The number of hydrogen-bond donors (Lipinski definition) is 2. The molecule has 6 heteroatoms. The van der Waals surface area contributed by atoms with Crippen molar-refractivity contribution in [2.45, 2.75) is 6.42 Å². The molecule has 17 heavy (non-hydrogen) atoms. The molecule has 0 aliphatic rings. The van der Waals surface area contributed by atoms with E-state index < -0.39 is 4.92 Å². The van der Waals surface area contributed by atoms with Gasteiger partial charge in [0.1, 0.15) is 0 Å². The van der Waals surface area contributed by atoms with E-state index >= 15 is 0 Å². The Morgan fingerprint density at radius 1 is 1.59 bits per heavy atom. The number of anilines is 1. The average Bonchev–Trinajstić information content (AvgIpc) is 2.70. The first kappa shape index (κ1) is 11.0. The van der Waals surface area contributed by atoms with Gasteiger partial charge >= 0.3 is 0 Å². The predicted octanol–water partition coefficient (Wildman–Crippen LogP) is 1.91. The highest BCUT2D eigenvalue weighted by molar-refractivity contribution is 5.79. The Hall–Kier alpha value is -2.55. The van der Waals surface area contributed by atoms with Crippen LogP contribution in [-0.4, -0.2) is 21.4 Å². The van der Waals surface area contributed by atoms with Crippen LogP contribution in [0.2, 0.25) is 0 Å². The first-order valence-electron chi connectivity index (χ1n) is 5.02. The third kappa shape index (κ3) is 2.34. The average molecular weight is 230 g/mol. The zero-order valence-electron chi connectivity index (χ0n) is 8.93. The standard InChI is InChI=1S/C11H10N4O2/c1-2-3-6-12-11-13-9-5-4-8(15(16)17)7-10(9)14-11/h1,4-5,7H,3,6H2,(H2,12,13,14). The molecule has 0 saturated heterocycles. The van der Waals surface area contributed by atoms with Crippen molar-refractivity contribution in [1.82, 2.24) is 9.97 Å². The van der Waals surface area contributed by atoms with Gasteiger partial charge in [-0.2, -0.15) is 0 Å². The number of hydrogen-bond acceptors (Lipinski definition) is 4. The Balaban J connectivity index is 2.25. The number of terminal acetylenes is 1. The fourth-order valence-electron chi connectivity index (χ4n) is 1.45. The largest absolute Gasteiger partial charge is 0.355 e. The van der Waals surface area contributed by atoms with E-state index in [9.17, 15) is 10.1 Å². The van der Waals surface area contributed by atoms with Crippen LogP contribution in [0.15, 0.2) is 18.2 Å². The second-order valence-corrected chi connectivity index (χ2v) is 3.42. The first-order valence-corrected chi connectivity index (χ1v) is 5.02. The van der Waals surface area contributed by atoms with Crippen LogP contribution in [0.1, 0.15) is 6.42 Å². The number of aromatic nitrogens is 2. The molecule has 1 aromatic carbocycles. The molecule has 0 amide bonds. The minimum absolute atomic E-state index is 0.0383. The molecule has 0 aliphatic heterocycles. The van der Waals surface area contributed by atoms with E-state index in [4.69, 9.17) is 6.42 Å². The minimum atomic E-state index is -0.439. The van der Waals surface area contributed by atoms with Gasteiger partial charge in [0.05, 0.1) is 16.0 Å². The van der Waals surface area contributed by atoms with Crippen molar-refractivity contribution in [2.75, 3.05) is 11.9 Å². The third-order valence-corrected chi connectivity index (χ3v) is 2.24. The molecule has 2 aromatic rings. The van der Waals surface area contributed by atoms with E-state index in [2.05, 4.69) is 21.2 Å². The normalized spacial score (nSPS) is 10.1. The minimum Gasteiger partial charge on any atom is -0.355 e. The van der Waals surface area contributed by atoms with Crippen molar-refractivity contribution < 1.29 is 4.92 Å². The zero-order valence-corrected chi connectivity index (χ0v) is 8.93. The highest BCUT2D eigenvalue weighted by Gasteiger charge is 2.08. The summed E-state index contributed by atoms with van der Waals surface area (Å²) >= 11 is 0. The number of H-pyrrole nitrogens is 1. The smallest absolute Gasteiger partial charge is 0.271 e. The maximum atomic E-state index is 10.6. The van der Waals surface area contributed by atoms with Gasteiger partial charge in [0.2, 0.25) is 5.95 Å². The Kier molecular flexibility index (Phi) is 2.92. The van der Waals surface area contributed by atoms with E-state index in [1.54, 1.807) is 6.07 Å². The van der Waals surface area contributed by atoms with Gasteiger partial charge in [0.25, 0.3) is 5.69 Å². The lowest BCUT2D eigenvalue weighted by molar-refractivity contribution is -0.384. The van der Waals surface area contributed by atoms with E-state index in [1.165, 1.54) is 12.1 Å².